The van der Waals surface area contributed by atoms with E-state index in [0.717, 1.165) is 6.04 Å². The first-order chi connectivity index (χ1) is 7.79. The zero-order valence-electron chi connectivity index (χ0n) is 10.7. The normalized spacial score (nSPS) is 18.5. The van der Waals surface area contributed by atoms with Crippen LogP contribution in [0, 0.1) is 0 Å². The molecule has 2 bridgehead atoms. The lowest BCUT2D eigenvalue weighted by Crippen LogP contribution is -2.29. The molecule has 3 aliphatic rings. The Labute approximate surface area is 115 Å². The summed E-state index contributed by atoms with van der Waals surface area (Å²) in [7, 11) is 0. The Morgan fingerprint density at radius 3 is 2.06 bits per heavy atom. The number of rotatable bonds is 2. The van der Waals surface area contributed by atoms with E-state index in [-0.39, 0.29) is 12.4 Å². The maximum Gasteiger partial charge on any atom is 0.0133 e. The van der Waals surface area contributed by atoms with Crippen LogP contribution in [-0.4, -0.2) is 24.0 Å². The predicted octanol–water partition coefficient (Wildman–Crippen LogP) is 4.45. The Balaban J connectivity index is 0.000000164. The van der Waals surface area contributed by atoms with Crippen LogP contribution in [0.2, 0.25) is 0 Å². The summed E-state index contributed by atoms with van der Waals surface area (Å²) in [4.78, 5) is 5.38. The number of nitrogens with zero attached hydrogens (tertiary/aromatic N) is 1. The molecule has 0 aromatic heterocycles. The Hall–Kier alpha value is -0.180. The van der Waals surface area contributed by atoms with Crippen molar-refractivity contribution in [2.75, 3.05) is 13.1 Å². The zero-order valence-corrected chi connectivity index (χ0v) is 12.3. The predicted molar refractivity (Wildman–Crippen MR) is 78.4 cm³/mol. The first-order valence-electron chi connectivity index (χ1n) is 6.31. The first-order valence-corrected chi connectivity index (χ1v) is 7.13. The van der Waals surface area contributed by atoms with Crippen molar-refractivity contribution in [3.05, 3.63) is 24.3 Å². The van der Waals surface area contributed by atoms with Gasteiger partial charge in [0.25, 0.3) is 0 Å². The van der Waals surface area contributed by atoms with Gasteiger partial charge in [-0.3, -0.25) is 0 Å². The van der Waals surface area contributed by atoms with Crippen molar-refractivity contribution in [2.45, 2.75) is 48.9 Å². The van der Waals surface area contributed by atoms with Crippen LogP contribution < -0.4 is 0 Å². The lowest BCUT2D eigenvalue weighted by molar-refractivity contribution is 0.253. The highest BCUT2D eigenvalue weighted by molar-refractivity contribution is 8.00. The van der Waals surface area contributed by atoms with Gasteiger partial charge in [-0.05, 0) is 57.5 Å². The summed E-state index contributed by atoms with van der Waals surface area (Å²) in [6, 6.07) is 9.34. The third-order valence-corrected chi connectivity index (χ3v) is 4.38. The van der Waals surface area contributed by atoms with E-state index in [1.54, 1.807) is 0 Å². The van der Waals surface area contributed by atoms with Gasteiger partial charge in [-0.2, -0.15) is 0 Å². The largest absolute Gasteiger partial charge is 0.301 e. The van der Waals surface area contributed by atoms with Crippen molar-refractivity contribution >= 4 is 24.2 Å². The minimum Gasteiger partial charge on any atom is -0.301 e. The number of fused-ring (bicyclic) bond motifs is 2. The second-order valence-corrected chi connectivity index (χ2v) is 5.72. The van der Waals surface area contributed by atoms with Crippen LogP contribution in [0.4, 0.5) is 0 Å². The lowest BCUT2D eigenvalue weighted by Gasteiger charge is -2.21. The van der Waals surface area contributed by atoms with E-state index in [1.165, 1.54) is 42.1 Å². The average Bonchev–Trinajstić information content (AvgIpc) is 2.82. The van der Waals surface area contributed by atoms with Crippen LogP contribution in [0.15, 0.2) is 34.1 Å². The average molecular weight is 272 g/mol. The molecule has 0 radical (unpaired) electrons. The van der Waals surface area contributed by atoms with Gasteiger partial charge in [-0.15, -0.1) is 12.4 Å². The molecule has 1 saturated heterocycles. The van der Waals surface area contributed by atoms with E-state index < -0.39 is 0 Å². The van der Waals surface area contributed by atoms with Crippen molar-refractivity contribution in [3.63, 3.8) is 0 Å². The van der Waals surface area contributed by atoms with E-state index >= 15 is 0 Å². The summed E-state index contributed by atoms with van der Waals surface area (Å²) in [5, 5.41) is 0. The molecule has 1 aromatic rings. The smallest absolute Gasteiger partial charge is 0.0133 e. The highest BCUT2D eigenvalue weighted by Crippen LogP contribution is 2.37. The van der Waals surface area contributed by atoms with Gasteiger partial charge < -0.3 is 4.90 Å². The standard InChI is InChI=1S/C8H17N.C6H4S.ClH/c1-3-8(2)9-6-4-5-7-9;1-2-5-4-6(3-1)7-5;/h8H,3-7H2,1-2H3;1-4H;1H. The maximum atomic E-state index is 2.58. The molecular weight excluding hydrogens is 250 g/mol. The fourth-order valence-electron chi connectivity index (χ4n) is 2.12. The Morgan fingerprint density at radius 1 is 1.24 bits per heavy atom. The molecule has 3 heteroatoms. The minimum atomic E-state index is 0. The summed E-state index contributed by atoms with van der Waals surface area (Å²) < 4.78 is 0. The van der Waals surface area contributed by atoms with E-state index in [9.17, 15) is 0 Å². The van der Waals surface area contributed by atoms with Gasteiger partial charge in [0.05, 0.1) is 0 Å². The molecule has 1 unspecified atom stereocenters. The Kier molecular flexibility index (Phi) is 6.39. The summed E-state index contributed by atoms with van der Waals surface area (Å²) in [5.41, 5.74) is 0. The van der Waals surface area contributed by atoms with Crippen LogP contribution in [0.25, 0.3) is 0 Å². The molecule has 96 valence electrons. The van der Waals surface area contributed by atoms with Crippen LogP contribution >= 0.6 is 24.2 Å². The summed E-state index contributed by atoms with van der Waals surface area (Å²) >= 11 is 1.85. The van der Waals surface area contributed by atoms with Gasteiger partial charge in [0.1, 0.15) is 0 Å². The molecule has 17 heavy (non-hydrogen) atoms. The third-order valence-electron chi connectivity index (χ3n) is 3.40. The molecule has 1 fully saturated rings. The van der Waals surface area contributed by atoms with Crippen molar-refractivity contribution < 1.29 is 0 Å². The first kappa shape index (κ1) is 14.9. The second kappa shape index (κ2) is 7.30. The monoisotopic (exact) mass is 271 g/mol. The molecule has 0 aliphatic carbocycles. The molecular formula is C14H22ClNS. The number of benzene rings is 1. The SMILES string of the molecule is CCC(C)N1CCCC1.Cl.c1cc2cc(c1)S2. The molecule has 3 aliphatic heterocycles. The summed E-state index contributed by atoms with van der Waals surface area (Å²) in [6.45, 7) is 7.28. The number of hydrogen-bond acceptors (Lipinski definition) is 2. The van der Waals surface area contributed by atoms with Gasteiger partial charge in [0.15, 0.2) is 0 Å². The van der Waals surface area contributed by atoms with Gasteiger partial charge in [0, 0.05) is 15.8 Å². The molecule has 0 spiro atoms. The van der Waals surface area contributed by atoms with Gasteiger partial charge >= 0.3 is 0 Å². The lowest BCUT2D eigenvalue weighted by atomic mass is 10.2. The van der Waals surface area contributed by atoms with E-state index in [2.05, 4.69) is 43.0 Å². The molecule has 3 heterocycles. The molecule has 0 saturated carbocycles. The number of hydrogen-bond donors (Lipinski definition) is 0. The fourth-order valence-corrected chi connectivity index (χ4v) is 2.87. The molecule has 1 atom stereocenters. The molecule has 0 N–H and O–H groups in total. The molecule has 1 nitrogen and oxygen atoms in total. The minimum absolute atomic E-state index is 0. The van der Waals surface area contributed by atoms with Crippen molar-refractivity contribution in [2.24, 2.45) is 0 Å². The van der Waals surface area contributed by atoms with E-state index in [0.29, 0.717) is 0 Å². The van der Waals surface area contributed by atoms with Crippen molar-refractivity contribution in [1.29, 1.82) is 0 Å². The fraction of sp³-hybridized carbons (Fsp3) is 0.571. The van der Waals surface area contributed by atoms with E-state index in [4.69, 9.17) is 0 Å². The maximum absolute atomic E-state index is 2.58. The second-order valence-electron chi connectivity index (χ2n) is 4.58. The quantitative estimate of drug-likeness (QED) is 0.794. The van der Waals surface area contributed by atoms with Gasteiger partial charge in [-0.25, -0.2) is 0 Å². The summed E-state index contributed by atoms with van der Waals surface area (Å²) in [6.07, 6.45) is 4.15. The summed E-state index contributed by atoms with van der Waals surface area (Å²) in [5.74, 6) is 0. The number of likely N-dealkylation sites (tertiary alicyclic amines) is 1. The molecule has 0 amide bonds. The molecule has 4 rings (SSSR count). The third kappa shape index (κ3) is 4.20. The van der Waals surface area contributed by atoms with Crippen LogP contribution in [0.3, 0.4) is 0 Å². The van der Waals surface area contributed by atoms with E-state index in [1.807, 2.05) is 11.8 Å². The Morgan fingerprint density at radius 2 is 1.76 bits per heavy atom. The van der Waals surface area contributed by atoms with Gasteiger partial charge in [0.2, 0.25) is 0 Å². The van der Waals surface area contributed by atoms with Crippen LogP contribution in [-0.2, 0) is 0 Å². The van der Waals surface area contributed by atoms with Crippen molar-refractivity contribution in [1.82, 2.24) is 4.90 Å². The zero-order chi connectivity index (χ0) is 11.4. The van der Waals surface area contributed by atoms with Crippen LogP contribution in [0.5, 0.6) is 0 Å². The van der Waals surface area contributed by atoms with Gasteiger partial charge in [-0.1, -0.05) is 24.8 Å². The Bertz CT molecular complexity index is 312. The highest BCUT2D eigenvalue weighted by Gasteiger charge is 2.15. The van der Waals surface area contributed by atoms with Crippen LogP contribution in [0.1, 0.15) is 33.1 Å². The topological polar surface area (TPSA) is 3.24 Å². The molecule has 1 aromatic carbocycles. The highest BCUT2D eigenvalue weighted by atomic mass is 35.5. The van der Waals surface area contributed by atoms with Crippen molar-refractivity contribution in [3.8, 4) is 0 Å². The number of halogens is 1.